The summed E-state index contributed by atoms with van der Waals surface area (Å²) in [6.45, 7) is 6.63. The number of hydrogen-bond acceptors (Lipinski definition) is 3. The summed E-state index contributed by atoms with van der Waals surface area (Å²) in [5.41, 5.74) is 5.87. The van der Waals surface area contributed by atoms with Gasteiger partial charge in [0.2, 0.25) is 0 Å². The Labute approximate surface area is 169 Å². The maximum atomic E-state index is 12.7. The number of nitrogens with one attached hydrogen (secondary N) is 1. The zero-order chi connectivity index (χ0) is 20.4. The summed E-state index contributed by atoms with van der Waals surface area (Å²) in [4.78, 5) is 12.7. The molecule has 0 saturated carbocycles. The van der Waals surface area contributed by atoms with Crippen LogP contribution in [0.5, 0.6) is 0 Å². The highest BCUT2D eigenvalue weighted by Gasteiger charge is 2.11. The number of aryl methyl sites for hydroxylation is 3. The van der Waals surface area contributed by atoms with Crippen molar-refractivity contribution in [1.82, 2.24) is 19.6 Å². The Kier molecular flexibility index (Phi) is 4.99. The van der Waals surface area contributed by atoms with Crippen molar-refractivity contribution < 1.29 is 4.79 Å². The first kappa shape index (κ1) is 18.7. The van der Waals surface area contributed by atoms with Crippen LogP contribution in [0.4, 0.5) is 5.82 Å². The van der Waals surface area contributed by atoms with Gasteiger partial charge < -0.3 is 5.32 Å². The minimum Gasteiger partial charge on any atom is -0.307 e. The summed E-state index contributed by atoms with van der Waals surface area (Å²) in [6.07, 6.45) is 1.69. The van der Waals surface area contributed by atoms with Crippen LogP contribution in [0.1, 0.15) is 32.9 Å². The smallest absolute Gasteiger partial charge is 0.256 e. The molecular formula is C23H23N5O. The largest absolute Gasteiger partial charge is 0.307 e. The SMILES string of the molecule is Cc1ccc(Cn2nccc2NC(=O)c2ccc(-n3nc(C)cc3C)cc2)cc1. The highest BCUT2D eigenvalue weighted by atomic mass is 16.1. The second-order valence-corrected chi connectivity index (χ2v) is 7.20. The van der Waals surface area contributed by atoms with Gasteiger partial charge in [0.05, 0.1) is 24.1 Å². The molecule has 1 N–H and O–H groups in total. The predicted octanol–water partition coefficient (Wildman–Crippen LogP) is 4.29. The Bertz CT molecular complexity index is 1140. The molecule has 4 aromatic rings. The number of benzene rings is 2. The van der Waals surface area contributed by atoms with Crippen molar-refractivity contribution in [3.8, 4) is 5.69 Å². The monoisotopic (exact) mass is 385 g/mol. The van der Waals surface area contributed by atoms with E-state index in [-0.39, 0.29) is 5.91 Å². The first-order chi connectivity index (χ1) is 14.0. The van der Waals surface area contributed by atoms with Crippen molar-refractivity contribution in [2.75, 3.05) is 5.32 Å². The second-order valence-electron chi connectivity index (χ2n) is 7.20. The summed E-state index contributed by atoms with van der Waals surface area (Å²) in [5.74, 6) is 0.494. The van der Waals surface area contributed by atoms with Crippen LogP contribution >= 0.6 is 0 Å². The van der Waals surface area contributed by atoms with Crippen molar-refractivity contribution in [3.05, 3.63) is 94.9 Å². The van der Waals surface area contributed by atoms with E-state index in [1.54, 1.807) is 16.9 Å². The highest BCUT2D eigenvalue weighted by molar-refractivity contribution is 6.03. The Hall–Kier alpha value is -3.67. The molecule has 0 unspecified atom stereocenters. The van der Waals surface area contributed by atoms with Crippen LogP contribution < -0.4 is 5.32 Å². The van der Waals surface area contributed by atoms with Gasteiger partial charge >= 0.3 is 0 Å². The Balaban J connectivity index is 1.48. The van der Waals surface area contributed by atoms with E-state index in [0.29, 0.717) is 17.9 Å². The summed E-state index contributed by atoms with van der Waals surface area (Å²) < 4.78 is 3.65. The lowest BCUT2D eigenvalue weighted by atomic mass is 10.1. The fourth-order valence-electron chi connectivity index (χ4n) is 3.26. The lowest BCUT2D eigenvalue weighted by molar-refractivity contribution is 0.102. The van der Waals surface area contributed by atoms with E-state index in [1.807, 2.05) is 48.9 Å². The molecular weight excluding hydrogens is 362 g/mol. The fraction of sp³-hybridized carbons (Fsp3) is 0.174. The predicted molar refractivity (Wildman–Crippen MR) is 113 cm³/mol. The molecule has 0 bridgehead atoms. The summed E-state index contributed by atoms with van der Waals surface area (Å²) in [6, 6.07) is 19.5. The molecule has 0 aliphatic heterocycles. The molecule has 2 aromatic carbocycles. The number of aromatic nitrogens is 4. The summed E-state index contributed by atoms with van der Waals surface area (Å²) in [7, 11) is 0. The van der Waals surface area contributed by atoms with Crippen LogP contribution in [0.25, 0.3) is 5.69 Å². The first-order valence-corrected chi connectivity index (χ1v) is 9.52. The molecule has 0 aliphatic carbocycles. The Morgan fingerprint density at radius 3 is 2.34 bits per heavy atom. The molecule has 0 atom stereocenters. The topological polar surface area (TPSA) is 64.7 Å². The normalized spacial score (nSPS) is 10.9. The lowest BCUT2D eigenvalue weighted by Gasteiger charge is -2.10. The average Bonchev–Trinajstić information content (AvgIpc) is 3.29. The van der Waals surface area contributed by atoms with Crippen molar-refractivity contribution in [3.63, 3.8) is 0 Å². The molecule has 0 saturated heterocycles. The van der Waals surface area contributed by atoms with Crippen LogP contribution in [0, 0.1) is 20.8 Å². The van der Waals surface area contributed by atoms with Gasteiger partial charge in [-0.3, -0.25) is 4.79 Å². The van der Waals surface area contributed by atoms with Gasteiger partial charge in [0.15, 0.2) is 0 Å². The molecule has 2 heterocycles. The molecule has 1 amide bonds. The zero-order valence-electron chi connectivity index (χ0n) is 16.8. The molecule has 4 rings (SSSR count). The maximum Gasteiger partial charge on any atom is 0.256 e. The molecule has 0 fully saturated rings. The van der Waals surface area contributed by atoms with Crippen LogP contribution in [-0.4, -0.2) is 25.5 Å². The molecule has 29 heavy (non-hydrogen) atoms. The number of nitrogens with zero attached hydrogens (tertiary/aromatic N) is 4. The van der Waals surface area contributed by atoms with Gasteiger partial charge in [-0.05, 0) is 56.7 Å². The quantitative estimate of drug-likeness (QED) is 0.557. The van der Waals surface area contributed by atoms with Gasteiger partial charge in [0.25, 0.3) is 5.91 Å². The molecule has 6 nitrogen and oxygen atoms in total. The second kappa shape index (κ2) is 7.75. The van der Waals surface area contributed by atoms with E-state index >= 15 is 0 Å². The minimum absolute atomic E-state index is 0.171. The van der Waals surface area contributed by atoms with Gasteiger partial charge in [0, 0.05) is 17.3 Å². The Morgan fingerprint density at radius 1 is 0.966 bits per heavy atom. The van der Waals surface area contributed by atoms with Gasteiger partial charge in [-0.1, -0.05) is 29.8 Å². The van der Waals surface area contributed by atoms with Gasteiger partial charge in [-0.2, -0.15) is 10.2 Å². The third kappa shape index (κ3) is 4.11. The van der Waals surface area contributed by atoms with Crippen molar-refractivity contribution in [1.29, 1.82) is 0 Å². The minimum atomic E-state index is -0.171. The van der Waals surface area contributed by atoms with E-state index < -0.39 is 0 Å². The first-order valence-electron chi connectivity index (χ1n) is 9.52. The number of carbonyl (C=O) groups is 1. The van der Waals surface area contributed by atoms with E-state index in [0.717, 1.165) is 22.6 Å². The number of carbonyl (C=O) groups excluding carboxylic acids is 1. The summed E-state index contributed by atoms with van der Waals surface area (Å²) in [5, 5.41) is 11.8. The van der Waals surface area contributed by atoms with Gasteiger partial charge in [-0.25, -0.2) is 9.36 Å². The van der Waals surface area contributed by atoms with Crippen LogP contribution in [0.3, 0.4) is 0 Å². The number of anilines is 1. The van der Waals surface area contributed by atoms with Crippen molar-refractivity contribution >= 4 is 11.7 Å². The van der Waals surface area contributed by atoms with Crippen LogP contribution in [0.15, 0.2) is 66.9 Å². The molecule has 2 aromatic heterocycles. The maximum absolute atomic E-state index is 12.7. The van der Waals surface area contributed by atoms with E-state index in [9.17, 15) is 4.79 Å². The number of amides is 1. The summed E-state index contributed by atoms with van der Waals surface area (Å²) >= 11 is 0. The van der Waals surface area contributed by atoms with Crippen LogP contribution in [0.2, 0.25) is 0 Å². The Morgan fingerprint density at radius 2 is 1.69 bits per heavy atom. The fourth-order valence-corrected chi connectivity index (χ4v) is 3.26. The zero-order valence-corrected chi connectivity index (χ0v) is 16.8. The molecule has 6 heteroatoms. The van der Waals surface area contributed by atoms with E-state index in [2.05, 4.69) is 46.7 Å². The third-order valence-corrected chi connectivity index (χ3v) is 4.79. The van der Waals surface area contributed by atoms with Crippen molar-refractivity contribution in [2.24, 2.45) is 0 Å². The van der Waals surface area contributed by atoms with Gasteiger partial charge in [0.1, 0.15) is 5.82 Å². The molecule has 146 valence electrons. The lowest BCUT2D eigenvalue weighted by Crippen LogP contribution is -2.16. The average molecular weight is 385 g/mol. The molecule has 0 aliphatic rings. The van der Waals surface area contributed by atoms with E-state index in [1.165, 1.54) is 5.56 Å². The highest BCUT2D eigenvalue weighted by Crippen LogP contribution is 2.16. The molecule has 0 spiro atoms. The number of rotatable bonds is 5. The molecule has 0 radical (unpaired) electrons. The van der Waals surface area contributed by atoms with Gasteiger partial charge in [-0.15, -0.1) is 0 Å². The standard InChI is InChI=1S/C23H23N5O/c1-16-4-6-19(7-5-16)15-27-22(12-13-24-27)25-23(29)20-8-10-21(11-9-20)28-18(3)14-17(2)26-28/h4-14H,15H2,1-3H3,(H,25,29). The number of hydrogen-bond donors (Lipinski definition) is 1. The third-order valence-electron chi connectivity index (χ3n) is 4.79. The van der Waals surface area contributed by atoms with E-state index in [4.69, 9.17) is 0 Å². The van der Waals surface area contributed by atoms with Crippen molar-refractivity contribution in [2.45, 2.75) is 27.3 Å². The van der Waals surface area contributed by atoms with Crippen LogP contribution in [-0.2, 0) is 6.54 Å².